The van der Waals surface area contributed by atoms with Gasteiger partial charge in [-0.15, -0.1) is 0 Å². The Bertz CT molecular complexity index is 637. The fraction of sp³-hybridized carbons (Fsp3) is 0.143. The van der Waals surface area contributed by atoms with E-state index in [2.05, 4.69) is 15.1 Å². The van der Waals surface area contributed by atoms with Crippen LogP contribution in [0.25, 0.3) is 15.7 Å². The van der Waals surface area contributed by atoms with Crippen LogP contribution in [0.2, 0.25) is 0 Å². The van der Waals surface area contributed by atoms with E-state index in [0.29, 0.717) is 5.82 Å². The summed E-state index contributed by atoms with van der Waals surface area (Å²) in [5.41, 5.74) is 0. The lowest BCUT2D eigenvalue weighted by atomic mass is 10.5. The Kier molecular flexibility index (Phi) is 1.48. The first-order chi connectivity index (χ1) is 6.74. The summed E-state index contributed by atoms with van der Waals surface area (Å²) in [6.45, 7) is 1.90. The molecule has 0 aromatic carbocycles. The van der Waals surface area contributed by atoms with Gasteiger partial charge in [0, 0.05) is 0 Å². The molecular weight excluding hydrogens is 220 g/mol. The predicted octanol–water partition coefficient (Wildman–Crippen LogP) is 1.02. The molecule has 0 aliphatic carbocycles. The van der Waals surface area contributed by atoms with Crippen molar-refractivity contribution < 1.29 is 0 Å². The van der Waals surface area contributed by atoms with Crippen molar-refractivity contribution >= 4 is 27.6 Å². The SMILES string of the molecule is Cc1nn2c3nc(=O)sc-3cnc2s1. The molecule has 2 aliphatic heterocycles. The molecule has 0 radical (unpaired) electrons. The second kappa shape index (κ2) is 2.58. The lowest BCUT2D eigenvalue weighted by Crippen LogP contribution is -1.99. The summed E-state index contributed by atoms with van der Waals surface area (Å²) < 4.78 is 1.62. The lowest BCUT2D eigenvalue weighted by Gasteiger charge is -1.95. The van der Waals surface area contributed by atoms with Crippen molar-refractivity contribution in [2.45, 2.75) is 6.92 Å². The van der Waals surface area contributed by atoms with E-state index in [4.69, 9.17) is 0 Å². The van der Waals surface area contributed by atoms with Crippen molar-refractivity contribution in [2.24, 2.45) is 0 Å². The molecule has 14 heavy (non-hydrogen) atoms. The van der Waals surface area contributed by atoms with E-state index in [9.17, 15) is 4.79 Å². The topological polar surface area (TPSA) is 60.2 Å². The average Bonchev–Trinajstić information content (AvgIpc) is 2.65. The van der Waals surface area contributed by atoms with E-state index in [1.54, 1.807) is 10.7 Å². The minimum Gasteiger partial charge on any atom is -0.255 e. The highest BCUT2D eigenvalue weighted by molar-refractivity contribution is 7.16. The number of hydrogen-bond acceptors (Lipinski definition) is 6. The van der Waals surface area contributed by atoms with E-state index in [0.717, 1.165) is 26.2 Å². The second-order valence-electron chi connectivity index (χ2n) is 2.74. The highest BCUT2D eigenvalue weighted by Gasteiger charge is 2.14. The molecule has 1 aromatic heterocycles. The number of rotatable bonds is 0. The Balaban J connectivity index is 2.57. The average molecular weight is 224 g/mol. The summed E-state index contributed by atoms with van der Waals surface area (Å²) in [7, 11) is 0. The first-order valence-electron chi connectivity index (χ1n) is 3.86. The third-order valence-corrected chi connectivity index (χ3v) is 3.38. The second-order valence-corrected chi connectivity index (χ2v) is 4.89. The first kappa shape index (κ1) is 8.01. The van der Waals surface area contributed by atoms with Gasteiger partial charge in [-0.3, -0.25) is 4.79 Å². The third-order valence-electron chi connectivity index (χ3n) is 1.77. The van der Waals surface area contributed by atoms with Crippen LogP contribution in [0.4, 0.5) is 0 Å². The Morgan fingerprint density at radius 2 is 2.29 bits per heavy atom. The zero-order valence-electron chi connectivity index (χ0n) is 7.09. The standard InChI is InChI=1S/C7H4N4OS2/c1-3-10-11-5-4(14-7(12)9-5)2-8-6(11)13-3/h2H,1H3. The van der Waals surface area contributed by atoms with Gasteiger partial charge in [-0.2, -0.15) is 14.6 Å². The van der Waals surface area contributed by atoms with Crippen molar-refractivity contribution in [2.75, 3.05) is 0 Å². The van der Waals surface area contributed by atoms with Gasteiger partial charge in [0.25, 0.3) is 0 Å². The maximum Gasteiger partial charge on any atom is 0.329 e. The molecule has 70 valence electrons. The number of aromatic nitrogens is 4. The number of fused-ring (bicyclic) bond motifs is 3. The Labute approximate surface area is 86.0 Å². The van der Waals surface area contributed by atoms with Crippen molar-refractivity contribution in [1.29, 1.82) is 0 Å². The van der Waals surface area contributed by atoms with Gasteiger partial charge in [-0.05, 0) is 6.92 Å². The van der Waals surface area contributed by atoms with Gasteiger partial charge >= 0.3 is 4.87 Å². The van der Waals surface area contributed by atoms with Gasteiger partial charge in [-0.1, -0.05) is 22.7 Å². The molecule has 0 fully saturated rings. The monoisotopic (exact) mass is 224 g/mol. The zero-order valence-corrected chi connectivity index (χ0v) is 8.72. The van der Waals surface area contributed by atoms with Gasteiger partial charge in [0.05, 0.1) is 11.1 Å². The molecule has 0 bridgehead atoms. The smallest absolute Gasteiger partial charge is 0.255 e. The highest BCUT2D eigenvalue weighted by Crippen LogP contribution is 2.23. The molecule has 3 rings (SSSR count). The number of aryl methyl sites for hydroxylation is 1. The maximum atomic E-state index is 11.1. The largest absolute Gasteiger partial charge is 0.329 e. The molecule has 2 aliphatic rings. The van der Waals surface area contributed by atoms with E-state index in [1.807, 2.05) is 6.92 Å². The Morgan fingerprint density at radius 3 is 3.14 bits per heavy atom. The zero-order chi connectivity index (χ0) is 9.71. The quantitative estimate of drug-likeness (QED) is 0.572. The summed E-state index contributed by atoms with van der Waals surface area (Å²) in [5.74, 6) is 0.606. The van der Waals surface area contributed by atoms with Crippen LogP contribution in [-0.4, -0.2) is 19.6 Å². The molecule has 0 amide bonds. The van der Waals surface area contributed by atoms with Crippen LogP contribution in [0.15, 0.2) is 11.0 Å². The normalized spacial score (nSPS) is 11.5. The van der Waals surface area contributed by atoms with Gasteiger partial charge in [0.15, 0.2) is 5.82 Å². The van der Waals surface area contributed by atoms with Crippen molar-refractivity contribution in [1.82, 2.24) is 19.6 Å². The molecule has 5 nitrogen and oxygen atoms in total. The van der Waals surface area contributed by atoms with Gasteiger partial charge in [0.2, 0.25) is 4.96 Å². The summed E-state index contributed by atoms with van der Waals surface area (Å²) in [6, 6.07) is 0. The van der Waals surface area contributed by atoms with Gasteiger partial charge in [0.1, 0.15) is 5.01 Å². The first-order valence-corrected chi connectivity index (χ1v) is 5.49. The van der Waals surface area contributed by atoms with Crippen LogP contribution < -0.4 is 4.87 Å². The number of nitrogens with zero attached hydrogens (tertiary/aromatic N) is 4. The molecule has 0 spiro atoms. The van der Waals surface area contributed by atoms with Crippen LogP contribution in [0.3, 0.4) is 0 Å². The van der Waals surface area contributed by atoms with Crippen LogP contribution in [0, 0.1) is 6.92 Å². The van der Waals surface area contributed by atoms with Crippen LogP contribution in [0.1, 0.15) is 5.01 Å². The molecule has 0 saturated carbocycles. The van der Waals surface area contributed by atoms with Crippen LogP contribution in [0.5, 0.6) is 0 Å². The fourth-order valence-corrected chi connectivity index (χ4v) is 2.61. The van der Waals surface area contributed by atoms with Crippen molar-refractivity contribution in [3.05, 3.63) is 20.9 Å². The highest BCUT2D eigenvalue weighted by atomic mass is 32.1. The Morgan fingerprint density at radius 1 is 1.43 bits per heavy atom. The van der Waals surface area contributed by atoms with E-state index in [-0.39, 0.29) is 4.87 Å². The van der Waals surface area contributed by atoms with E-state index < -0.39 is 0 Å². The summed E-state index contributed by atoms with van der Waals surface area (Å²) in [4.78, 5) is 20.5. The number of hydrogen-bond donors (Lipinski definition) is 0. The van der Waals surface area contributed by atoms with Crippen molar-refractivity contribution in [3.63, 3.8) is 0 Å². The molecular formula is C7H4N4OS2. The summed E-state index contributed by atoms with van der Waals surface area (Å²) >= 11 is 2.57. The lowest BCUT2D eigenvalue weighted by molar-refractivity contribution is 0.903. The summed E-state index contributed by atoms with van der Waals surface area (Å²) in [6.07, 6.45) is 1.67. The van der Waals surface area contributed by atoms with Gasteiger partial charge < -0.3 is 0 Å². The van der Waals surface area contributed by atoms with Crippen LogP contribution in [-0.2, 0) is 0 Å². The minimum absolute atomic E-state index is 0.201. The molecule has 0 atom stereocenters. The molecule has 7 heteroatoms. The molecule has 1 aromatic rings. The van der Waals surface area contributed by atoms with Crippen LogP contribution >= 0.6 is 22.7 Å². The Hall–Kier alpha value is -1.34. The third kappa shape index (κ3) is 0.992. The summed E-state index contributed by atoms with van der Waals surface area (Å²) in [5, 5.41) is 5.14. The minimum atomic E-state index is -0.201. The molecule has 0 N–H and O–H groups in total. The fourth-order valence-electron chi connectivity index (χ4n) is 1.25. The number of thiazole rings is 1. The van der Waals surface area contributed by atoms with E-state index in [1.165, 1.54) is 11.3 Å². The predicted molar refractivity (Wildman–Crippen MR) is 54.2 cm³/mol. The maximum absolute atomic E-state index is 11.1. The van der Waals surface area contributed by atoms with Gasteiger partial charge in [-0.25, -0.2) is 4.98 Å². The molecule has 0 saturated heterocycles. The van der Waals surface area contributed by atoms with E-state index >= 15 is 0 Å². The molecule has 0 unspecified atom stereocenters. The molecule has 3 heterocycles. The van der Waals surface area contributed by atoms with Crippen molar-refractivity contribution in [3.8, 4) is 10.7 Å².